The van der Waals surface area contributed by atoms with Gasteiger partial charge in [-0.05, 0) is 61.5 Å². The average molecular weight is 363 g/mol. The van der Waals surface area contributed by atoms with E-state index in [1.54, 1.807) is 23.0 Å². The number of hydrogen-bond donors (Lipinski definition) is 1. The lowest BCUT2D eigenvalue weighted by Crippen LogP contribution is -2.11. The fraction of sp³-hybridized carbons (Fsp3) is 0.0500. The Morgan fingerprint density at radius 3 is 2.50 bits per heavy atom. The van der Waals surface area contributed by atoms with E-state index in [2.05, 4.69) is 15.5 Å². The van der Waals surface area contributed by atoms with Crippen LogP contribution in [0.2, 0.25) is 5.02 Å². The molecule has 0 spiro atoms. The number of carbonyl (C=O) groups is 1. The average Bonchev–Trinajstić information content (AvgIpc) is 3.05. The van der Waals surface area contributed by atoms with Crippen molar-refractivity contribution in [3.05, 3.63) is 82.9 Å². The largest absolute Gasteiger partial charge is 0.322 e. The molecule has 4 rings (SSSR count). The Labute approximate surface area is 155 Å². The van der Waals surface area contributed by atoms with Gasteiger partial charge in [0, 0.05) is 16.3 Å². The third-order valence-corrected chi connectivity index (χ3v) is 4.23. The molecule has 0 aliphatic heterocycles. The van der Waals surface area contributed by atoms with Crippen LogP contribution in [-0.2, 0) is 0 Å². The Hall–Kier alpha value is -3.18. The maximum Gasteiger partial charge on any atom is 0.255 e. The fourth-order valence-electron chi connectivity index (χ4n) is 2.67. The van der Waals surface area contributed by atoms with E-state index in [0.717, 1.165) is 16.8 Å². The molecule has 0 saturated heterocycles. The predicted octanol–water partition coefficient (Wildman–Crippen LogP) is 4.63. The van der Waals surface area contributed by atoms with Gasteiger partial charge in [-0.2, -0.15) is 4.80 Å². The van der Waals surface area contributed by atoms with Crippen LogP contribution in [0.4, 0.5) is 5.69 Å². The number of carbonyl (C=O) groups excluding carboxylic acids is 1. The summed E-state index contributed by atoms with van der Waals surface area (Å²) in [5.41, 5.74) is 4.59. The quantitative estimate of drug-likeness (QED) is 0.577. The van der Waals surface area contributed by atoms with Crippen LogP contribution in [0.15, 0.2) is 66.7 Å². The highest BCUT2D eigenvalue weighted by Crippen LogP contribution is 2.19. The highest BCUT2D eigenvalue weighted by atomic mass is 35.5. The van der Waals surface area contributed by atoms with Crippen LogP contribution in [0.25, 0.3) is 16.7 Å². The van der Waals surface area contributed by atoms with Gasteiger partial charge >= 0.3 is 0 Å². The zero-order valence-electron chi connectivity index (χ0n) is 14.0. The van der Waals surface area contributed by atoms with Crippen LogP contribution in [0.5, 0.6) is 0 Å². The Morgan fingerprint density at radius 2 is 1.73 bits per heavy atom. The van der Waals surface area contributed by atoms with E-state index in [-0.39, 0.29) is 5.91 Å². The summed E-state index contributed by atoms with van der Waals surface area (Å²) in [4.78, 5) is 13.9. The summed E-state index contributed by atoms with van der Waals surface area (Å²) in [5, 5.41) is 12.5. The van der Waals surface area contributed by atoms with Gasteiger partial charge in [0.25, 0.3) is 5.91 Å². The van der Waals surface area contributed by atoms with Crippen LogP contribution < -0.4 is 5.32 Å². The maximum absolute atomic E-state index is 12.4. The standard InChI is InChI=1S/C20H15ClN4O/c1-13-3-2-4-14(11-13)20(26)22-16-7-10-18-19(12-16)24-25(23-18)17-8-5-15(21)6-9-17/h2-12H,1H3,(H,22,26). The summed E-state index contributed by atoms with van der Waals surface area (Å²) >= 11 is 5.92. The third kappa shape index (κ3) is 3.30. The van der Waals surface area contributed by atoms with Crippen LogP contribution in [0.3, 0.4) is 0 Å². The number of rotatable bonds is 3. The SMILES string of the molecule is Cc1cccc(C(=O)Nc2ccc3nn(-c4ccc(Cl)cc4)nc3c2)c1. The van der Waals surface area contributed by atoms with Gasteiger partial charge in [-0.1, -0.05) is 29.3 Å². The molecule has 0 saturated carbocycles. The number of amides is 1. The lowest BCUT2D eigenvalue weighted by atomic mass is 10.1. The summed E-state index contributed by atoms with van der Waals surface area (Å²) in [6.07, 6.45) is 0. The van der Waals surface area contributed by atoms with Crippen molar-refractivity contribution < 1.29 is 4.79 Å². The first-order valence-corrected chi connectivity index (χ1v) is 8.47. The van der Waals surface area contributed by atoms with Crippen LogP contribution in [-0.4, -0.2) is 20.9 Å². The van der Waals surface area contributed by atoms with E-state index < -0.39 is 0 Å². The number of aryl methyl sites for hydroxylation is 1. The molecule has 4 aromatic rings. The second-order valence-electron chi connectivity index (χ2n) is 5.99. The molecule has 1 aromatic heterocycles. The molecule has 0 aliphatic carbocycles. The van der Waals surface area contributed by atoms with Crippen molar-refractivity contribution in [1.29, 1.82) is 0 Å². The van der Waals surface area contributed by atoms with Crippen molar-refractivity contribution in [3.8, 4) is 5.69 Å². The molecule has 0 bridgehead atoms. The topological polar surface area (TPSA) is 59.8 Å². The van der Waals surface area contributed by atoms with Crippen LogP contribution in [0.1, 0.15) is 15.9 Å². The van der Waals surface area contributed by atoms with Gasteiger partial charge < -0.3 is 5.32 Å². The number of halogens is 1. The van der Waals surface area contributed by atoms with Gasteiger partial charge in [-0.25, -0.2) is 0 Å². The summed E-state index contributed by atoms with van der Waals surface area (Å²) in [6, 6.07) is 20.2. The van der Waals surface area contributed by atoms with Crippen LogP contribution >= 0.6 is 11.6 Å². The summed E-state index contributed by atoms with van der Waals surface area (Å²) in [6.45, 7) is 1.96. The first kappa shape index (κ1) is 16.3. The Balaban J connectivity index is 1.61. The molecular weight excluding hydrogens is 348 g/mol. The lowest BCUT2D eigenvalue weighted by molar-refractivity contribution is 0.102. The van der Waals surface area contributed by atoms with Gasteiger partial charge in [0.1, 0.15) is 11.0 Å². The van der Waals surface area contributed by atoms with Gasteiger partial charge in [0.05, 0.1) is 5.69 Å². The maximum atomic E-state index is 12.4. The highest BCUT2D eigenvalue weighted by molar-refractivity contribution is 6.30. The van der Waals surface area contributed by atoms with E-state index >= 15 is 0 Å². The molecule has 26 heavy (non-hydrogen) atoms. The number of benzene rings is 3. The van der Waals surface area contributed by atoms with Crippen molar-refractivity contribution in [2.75, 3.05) is 5.32 Å². The normalized spacial score (nSPS) is 10.8. The Kier molecular flexibility index (Phi) is 4.14. The van der Waals surface area contributed by atoms with Crippen molar-refractivity contribution in [2.24, 2.45) is 0 Å². The van der Waals surface area contributed by atoms with Gasteiger partial charge in [-0.15, -0.1) is 10.2 Å². The van der Waals surface area contributed by atoms with E-state index in [1.807, 2.05) is 55.5 Å². The first-order chi connectivity index (χ1) is 12.6. The fourth-order valence-corrected chi connectivity index (χ4v) is 2.80. The van der Waals surface area contributed by atoms with Crippen molar-refractivity contribution in [3.63, 3.8) is 0 Å². The molecular formula is C20H15ClN4O. The molecule has 0 radical (unpaired) electrons. The zero-order chi connectivity index (χ0) is 18.1. The van der Waals surface area contributed by atoms with E-state index in [9.17, 15) is 4.79 Å². The molecule has 0 atom stereocenters. The lowest BCUT2D eigenvalue weighted by Gasteiger charge is -2.05. The van der Waals surface area contributed by atoms with Crippen molar-refractivity contribution in [1.82, 2.24) is 15.0 Å². The van der Waals surface area contributed by atoms with Gasteiger partial charge in [0.15, 0.2) is 0 Å². The number of anilines is 1. The molecule has 0 aliphatic rings. The monoisotopic (exact) mass is 362 g/mol. The van der Waals surface area contributed by atoms with Crippen LogP contribution in [0, 0.1) is 6.92 Å². The van der Waals surface area contributed by atoms with E-state index in [0.29, 0.717) is 21.8 Å². The zero-order valence-corrected chi connectivity index (χ0v) is 14.7. The molecule has 1 amide bonds. The van der Waals surface area contributed by atoms with Gasteiger partial charge in [0.2, 0.25) is 0 Å². The minimum Gasteiger partial charge on any atom is -0.322 e. The molecule has 0 fully saturated rings. The highest BCUT2D eigenvalue weighted by Gasteiger charge is 2.09. The Bertz CT molecular complexity index is 1100. The predicted molar refractivity (Wildman–Crippen MR) is 103 cm³/mol. The van der Waals surface area contributed by atoms with E-state index in [1.165, 1.54) is 0 Å². The third-order valence-electron chi connectivity index (χ3n) is 3.98. The minimum atomic E-state index is -0.154. The second-order valence-corrected chi connectivity index (χ2v) is 6.43. The number of nitrogens with zero attached hydrogens (tertiary/aromatic N) is 3. The summed E-state index contributed by atoms with van der Waals surface area (Å²) in [7, 11) is 0. The number of nitrogens with one attached hydrogen (secondary N) is 1. The number of hydrogen-bond acceptors (Lipinski definition) is 3. The van der Waals surface area contributed by atoms with Crippen molar-refractivity contribution >= 4 is 34.2 Å². The summed E-state index contributed by atoms with van der Waals surface area (Å²) in [5.74, 6) is -0.154. The molecule has 5 nitrogen and oxygen atoms in total. The molecule has 3 aromatic carbocycles. The van der Waals surface area contributed by atoms with Crippen molar-refractivity contribution in [2.45, 2.75) is 6.92 Å². The molecule has 6 heteroatoms. The number of aromatic nitrogens is 3. The summed E-state index contributed by atoms with van der Waals surface area (Å²) < 4.78 is 0. The number of fused-ring (bicyclic) bond motifs is 1. The Morgan fingerprint density at radius 1 is 0.962 bits per heavy atom. The molecule has 0 unspecified atom stereocenters. The molecule has 1 N–H and O–H groups in total. The van der Waals surface area contributed by atoms with E-state index in [4.69, 9.17) is 11.6 Å². The molecule has 128 valence electrons. The smallest absolute Gasteiger partial charge is 0.255 e. The first-order valence-electron chi connectivity index (χ1n) is 8.09. The van der Waals surface area contributed by atoms with Gasteiger partial charge in [-0.3, -0.25) is 4.79 Å². The minimum absolute atomic E-state index is 0.154. The second kappa shape index (κ2) is 6.61. The molecule has 1 heterocycles.